The van der Waals surface area contributed by atoms with Crippen molar-refractivity contribution in [1.29, 1.82) is 0 Å². The third-order valence-corrected chi connectivity index (χ3v) is 5.34. The van der Waals surface area contributed by atoms with E-state index in [4.69, 9.17) is 10.1 Å². The van der Waals surface area contributed by atoms with Gasteiger partial charge in [-0.05, 0) is 50.2 Å². The van der Waals surface area contributed by atoms with Crippen LogP contribution in [-0.4, -0.2) is 46.0 Å². The van der Waals surface area contributed by atoms with Crippen LogP contribution in [0.3, 0.4) is 0 Å². The maximum Gasteiger partial charge on any atom is 0.305 e. The van der Waals surface area contributed by atoms with Crippen molar-refractivity contribution in [3.8, 4) is 0 Å². The quantitative estimate of drug-likeness (QED) is 0.699. The van der Waals surface area contributed by atoms with Crippen LogP contribution in [0.4, 0.5) is 5.82 Å². The van der Waals surface area contributed by atoms with E-state index in [1.165, 1.54) is 5.56 Å². The highest BCUT2D eigenvalue weighted by molar-refractivity contribution is 5.82. The number of likely N-dealkylation sites (tertiary alicyclic amines) is 1. The second kappa shape index (κ2) is 8.34. The Kier molecular flexibility index (Phi) is 5.91. The van der Waals surface area contributed by atoms with Crippen molar-refractivity contribution in [2.45, 2.75) is 51.0 Å². The lowest BCUT2D eigenvalue weighted by molar-refractivity contribution is -0.139. The lowest BCUT2D eigenvalue weighted by Crippen LogP contribution is -2.37. The van der Waals surface area contributed by atoms with E-state index >= 15 is 0 Å². The molecule has 1 saturated heterocycles. The number of aliphatic carboxylic acids is 1. The minimum atomic E-state index is -0.904. The Morgan fingerprint density at radius 1 is 1.50 bits per heavy atom. The van der Waals surface area contributed by atoms with Gasteiger partial charge in [-0.25, -0.2) is 4.98 Å². The van der Waals surface area contributed by atoms with Gasteiger partial charge in [-0.15, -0.1) is 6.58 Å². The normalized spacial score (nSPS) is 20.4. The van der Waals surface area contributed by atoms with Gasteiger partial charge in [0, 0.05) is 24.7 Å². The Bertz CT molecular complexity index is 689. The molecule has 6 heteroatoms. The molecule has 0 radical (unpaired) electrons. The highest BCUT2D eigenvalue weighted by Crippen LogP contribution is 2.27. The number of amides is 1. The van der Waals surface area contributed by atoms with E-state index in [0.29, 0.717) is 6.54 Å². The lowest BCUT2D eigenvalue weighted by atomic mass is 9.99. The first-order chi connectivity index (χ1) is 12.6. The van der Waals surface area contributed by atoms with Crippen LogP contribution in [0.15, 0.2) is 24.8 Å². The molecule has 1 amide bonds. The molecule has 2 aliphatic rings. The molecule has 0 bridgehead atoms. The number of hydrogen-bond acceptors (Lipinski definition) is 4. The average Bonchev–Trinajstić information content (AvgIpc) is 3.00. The summed E-state index contributed by atoms with van der Waals surface area (Å²) in [5.74, 6) is 0.163. The van der Waals surface area contributed by atoms with Crippen molar-refractivity contribution >= 4 is 17.7 Å². The Morgan fingerprint density at radius 3 is 3.12 bits per heavy atom. The predicted molar refractivity (Wildman–Crippen MR) is 100 cm³/mol. The molecule has 0 saturated carbocycles. The molecular formula is C20H27N3O3. The van der Waals surface area contributed by atoms with Gasteiger partial charge in [-0.3, -0.25) is 9.59 Å². The van der Waals surface area contributed by atoms with Crippen molar-refractivity contribution in [1.82, 2.24) is 9.88 Å². The largest absolute Gasteiger partial charge is 0.481 e. The maximum absolute atomic E-state index is 12.6. The Morgan fingerprint density at radius 2 is 2.35 bits per heavy atom. The van der Waals surface area contributed by atoms with Crippen LogP contribution in [0, 0.1) is 5.92 Å². The van der Waals surface area contributed by atoms with Crippen LogP contribution in [0.5, 0.6) is 0 Å². The average molecular weight is 357 g/mol. The van der Waals surface area contributed by atoms with Gasteiger partial charge in [0.15, 0.2) is 0 Å². The van der Waals surface area contributed by atoms with Gasteiger partial charge in [0.1, 0.15) is 5.82 Å². The van der Waals surface area contributed by atoms with Gasteiger partial charge >= 0.3 is 5.97 Å². The summed E-state index contributed by atoms with van der Waals surface area (Å²) in [7, 11) is 0. The summed E-state index contributed by atoms with van der Waals surface area (Å²) >= 11 is 0. The van der Waals surface area contributed by atoms with Crippen LogP contribution in [0.2, 0.25) is 0 Å². The molecule has 6 nitrogen and oxygen atoms in total. The van der Waals surface area contributed by atoms with Crippen LogP contribution >= 0.6 is 0 Å². The first-order valence-corrected chi connectivity index (χ1v) is 9.46. The molecule has 3 rings (SSSR count). The topological polar surface area (TPSA) is 82.5 Å². The van der Waals surface area contributed by atoms with Gasteiger partial charge in [-0.2, -0.15) is 0 Å². The minimum absolute atomic E-state index is 0.0120. The fraction of sp³-hybridized carbons (Fsp3) is 0.550. The molecule has 3 heterocycles. The predicted octanol–water partition coefficient (Wildman–Crippen LogP) is 2.64. The Hall–Kier alpha value is -2.37. The third-order valence-electron chi connectivity index (χ3n) is 5.34. The number of carbonyl (C=O) groups excluding carboxylic acids is 1. The zero-order valence-electron chi connectivity index (χ0n) is 15.1. The monoisotopic (exact) mass is 357 g/mol. The molecule has 1 unspecified atom stereocenters. The van der Waals surface area contributed by atoms with E-state index in [-0.39, 0.29) is 18.2 Å². The Balaban J connectivity index is 1.50. The van der Waals surface area contributed by atoms with Crippen molar-refractivity contribution < 1.29 is 14.7 Å². The van der Waals surface area contributed by atoms with Crippen LogP contribution in [0.1, 0.15) is 43.4 Å². The zero-order chi connectivity index (χ0) is 18.5. The molecule has 1 aromatic heterocycles. The summed E-state index contributed by atoms with van der Waals surface area (Å²) in [5, 5.41) is 12.3. The molecule has 0 aromatic carbocycles. The second-order valence-corrected chi connectivity index (χ2v) is 7.15. The summed E-state index contributed by atoms with van der Waals surface area (Å²) in [6.07, 6.45) is 7.12. The molecular weight excluding hydrogens is 330 g/mol. The number of aromatic nitrogens is 1. The molecule has 26 heavy (non-hydrogen) atoms. The van der Waals surface area contributed by atoms with Gasteiger partial charge in [0.2, 0.25) is 5.91 Å². The van der Waals surface area contributed by atoms with Gasteiger partial charge in [-0.1, -0.05) is 12.1 Å². The molecule has 0 aliphatic carbocycles. The van der Waals surface area contributed by atoms with Crippen LogP contribution in [-0.2, 0) is 22.4 Å². The number of anilines is 1. The number of carboxylic acid groups (broad SMARTS) is 1. The van der Waals surface area contributed by atoms with Crippen molar-refractivity contribution in [2.75, 3.05) is 18.4 Å². The number of carbonyl (C=O) groups is 2. The molecule has 140 valence electrons. The van der Waals surface area contributed by atoms with Crippen molar-refractivity contribution in [3.63, 3.8) is 0 Å². The lowest BCUT2D eigenvalue weighted by Gasteiger charge is -2.24. The summed E-state index contributed by atoms with van der Waals surface area (Å²) in [5.41, 5.74) is 2.35. The maximum atomic E-state index is 12.6. The van der Waals surface area contributed by atoms with Gasteiger partial charge in [0.05, 0.1) is 12.5 Å². The van der Waals surface area contributed by atoms with Crippen LogP contribution in [0.25, 0.3) is 0 Å². The number of fused-ring (bicyclic) bond motifs is 1. The van der Waals surface area contributed by atoms with E-state index in [0.717, 1.165) is 56.6 Å². The molecule has 1 fully saturated rings. The number of hydrogen-bond donors (Lipinski definition) is 2. The summed E-state index contributed by atoms with van der Waals surface area (Å²) in [4.78, 5) is 29.9. The standard InChI is InChI=1S/C20H27N3O3/c1-2-17(13-18(24)25)23-12-10-15(20(23)26)5-3-7-16-9-8-14-6-4-11-21-19(14)22-16/h2,8-9,15,17H,1,3-7,10-13H2,(H,21,22)(H,24,25)/t15-,17?/m0/s1. The SMILES string of the molecule is C=CC(CC(=O)O)N1CC[C@H](CCCc2ccc3c(n2)NCCC3)C1=O. The third kappa shape index (κ3) is 4.23. The van der Waals surface area contributed by atoms with E-state index in [1.54, 1.807) is 11.0 Å². The highest BCUT2D eigenvalue weighted by atomic mass is 16.4. The van der Waals surface area contributed by atoms with Crippen molar-refractivity contribution in [2.24, 2.45) is 5.92 Å². The summed E-state index contributed by atoms with van der Waals surface area (Å²) < 4.78 is 0. The fourth-order valence-electron chi connectivity index (χ4n) is 3.90. The fourth-order valence-corrected chi connectivity index (χ4v) is 3.90. The molecule has 0 spiro atoms. The summed E-state index contributed by atoms with van der Waals surface area (Å²) in [6, 6.07) is 3.85. The number of rotatable bonds is 8. The molecule has 2 atom stereocenters. The molecule has 2 N–H and O–H groups in total. The zero-order valence-corrected chi connectivity index (χ0v) is 15.1. The van der Waals surface area contributed by atoms with E-state index < -0.39 is 12.0 Å². The number of nitrogens with one attached hydrogen (secondary N) is 1. The molecule has 2 aliphatic heterocycles. The smallest absolute Gasteiger partial charge is 0.305 e. The highest BCUT2D eigenvalue weighted by Gasteiger charge is 2.35. The van der Waals surface area contributed by atoms with E-state index in [1.807, 2.05) is 0 Å². The Labute approximate surface area is 154 Å². The van der Waals surface area contributed by atoms with Crippen molar-refractivity contribution in [3.05, 3.63) is 36.0 Å². The van der Waals surface area contributed by atoms with Gasteiger partial charge < -0.3 is 15.3 Å². The number of pyridine rings is 1. The number of nitrogens with zero attached hydrogens (tertiary/aromatic N) is 2. The van der Waals surface area contributed by atoms with Crippen LogP contribution < -0.4 is 5.32 Å². The number of carboxylic acids is 1. The summed E-state index contributed by atoms with van der Waals surface area (Å²) in [6.45, 7) is 5.29. The minimum Gasteiger partial charge on any atom is -0.481 e. The van der Waals surface area contributed by atoms with Gasteiger partial charge in [0.25, 0.3) is 0 Å². The van der Waals surface area contributed by atoms with E-state index in [2.05, 4.69) is 24.0 Å². The first kappa shape index (κ1) is 18.4. The first-order valence-electron chi connectivity index (χ1n) is 9.46. The van der Waals surface area contributed by atoms with E-state index in [9.17, 15) is 9.59 Å². The second-order valence-electron chi connectivity index (χ2n) is 7.15. The molecule has 1 aromatic rings. The number of aryl methyl sites for hydroxylation is 2.